The van der Waals surface area contributed by atoms with Crippen LogP contribution in [0.5, 0.6) is 0 Å². The summed E-state index contributed by atoms with van der Waals surface area (Å²) in [6, 6.07) is 63.5. The van der Waals surface area contributed by atoms with Gasteiger partial charge < -0.3 is 9.13 Å². The summed E-state index contributed by atoms with van der Waals surface area (Å²) in [5.74, 6) is 0. The monoisotopic (exact) mass is 858 g/mol. The zero-order valence-corrected chi connectivity index (χ0v) is 35.8. The number of nitriles is 1. The maximum Gasteiger partial charge on any atom is 0.415 e. The number of alkyl halides is 3. The van der Waals surface area contributed by atoms with Crippen LogP contribution in [0.25, 0.3) is 104 Å². The molecule has 9 aromatic carbocycles. The van der Waals surface area contributed by atoms with Crippen molar-refractivity contribution in [1.82, 2.24) is 9.13 Å². The van der Waals surface area contributed by atoms with E-state index in [9.17, 15) is 18.4 Å². The standard InChI is InChI=1S/C59H37F3N4/c1-36-10-8-12-39(28-36)41-19-26-56-51(31-41)47-14-4-6-16-54(47)65(56)44-22-24-45(46-23-21-43(59(60,61)62)33-53(46)64-3)49(34-44)50-30-38(35-63)18-25-57(50)66-55-17-7-5-15-48(55)52-32-42(20-27-58(52)66)40-13-9-11-37(2)29-40/h4-34H,1-2H3. The molecular formula is C59H37F3N4. The number of nitrogens with zero attached hydrogens (tertiary/aromatic N) is 4. The van der Waals surface area contributed by atoms with E-state index in [4.69, 9.17) is 6.57 Å². The summed E-state index contributed by atoms with van der Waals surface area (Å²) in [4.78, 5) is 3.66. The van der Waals surface area contributed by atoms with Gasteiger partial charge in [-0.1, -0.05) is 126 Å². The largest absolute Gasteiger partial charge is 0.415 e. The molecule has 0 bridgehead atoms. The van der Waals surface area contributed by atoms with E-state index in [0.29, 0.717) is 27.8 Å². The molecule has 0 aliphatic carbocycles. The van der Waals surface area contributed by atoms with E-state index >= 15 is 0 Å². The van der Waals surface area contributed by atoms with E-state index in [0.717, 1.165) is 94.9 Å². The summed E-state index contributed by atoms with van der Waals surface area (Å²) in [6.45, 7) is 12.3. The van der Waals surface area contributed by atoms with E-state index in [-0.39, 0.29) is 5.69 Å². The van der Waals surface area contributed by atoms with Crippen LogP contribution < -0.4 is 0 Å². The molecule has 66 heavy (non-hydrogen) atoms. The van der Waals surface area contributed by atoms with Gasteiger partial charge in [0.2, 0.25) is 0 Å². The van der Waals surface area contributed by atoms with E-state index in [2.05, 4.69) is 143 Å². The van der Waals surface area contributed by atoms with Gasteiger partial charge in [-0.15, -0.1) is 0 Å². The van der Waals surface area contributed by atoms with Crippen LogP contribution in [0.2, 0.25) is 0 Å². The van der Waals surface area contributed by atoms with Crippen LogP contribution in [0.4, 0.5) is 18.9 Å². The lowest BCUT2D eigenvalue weighted by molar-refractivity contribution is -0.137. The third-order valence-electron chi connectivity index (χ3n) is 12.7. The molecular weight excluding hydrogens is 822 g/mol. The molecule has 0 radical (unpaired) electrons. The lowest BCUT2D eigenvalue weighted by Gasteiger charge is -2.20. The molecule has 0 atom stereocenters. The fraction of sp³-hybridized carbons (Fsp3) is 0.0508. The van der Waals surface area contributed by atoms with E-state index in [1.165, 1.54) is 11.6 Å². The van der Waals surface area contributed by atoms with Crippen molar-refractivity contribution in [2.45, 2.75) is 20.0 Å². The van der Waals surface area contributed by atoms with Crippen molar-refractivity contribution in [2.24, 2.45) is 0 Å². The second-order valence-electron chi connectivity index (χ2n) is 16.8. The van der Waals surface area contributed by atoms with E-state index < -0.39 is 11.7 Å². The second-order valence-corrected chi connectivity index (χ2v) is 16.8. The third-order valence-corrected chi connectivity index (χ3v) is 12.7. The average molecular weight is 859 g/mol. The van der Waals surface area contributed by atoms with Crippen molar-refractivity contribution in [3.05, 3.63) is 222 Å². The topological polar surface area (TPSA) is 38.0 Å². The van der Waals surface area contributed by atoms with Gasteiger partial charge in [0.15, 0.2) is 5.69 Å². The van der Waals surface area contributed by atoms with Crippen molar-refractivity contribution >= 4 is 49.3 Å². The molecule has 7 heteroatoms. The van der Waals surface area contributed by atoms with Gasteiger partial charge >= 0.3 is 6.18 Å². The summed E-state index contributed by atoms with van der Waals surface area (Å²) in [5.41, 5.74) is 13.8. The van der Waals surface area contributed by atoms with Crippen LogP contribution >= 0.6 is 0 Å². The van der Waals surface area contributed by atoms with Crippen molar-refractivity contribution in [3.8, 4) is 62.0 Å². The SMILES string of the molecule is [C-]#[N+]c1cc(C(F)(F)F)ccc1-c1ccc(-n2c3ccccc3c3cc(-c4cccc(C)c4)ccc32)cc1-c1cc(C#N)ccc1-n1c2ccccc2c2cc(-c3cccc(C)c3)ccc21. The molecule has 11 rings (SSSR count). The summed E-state index contributed by atoms with van der Waals surface area (Å²) in [6.07, 6.45) is -4.63. The highest BCUT2D eigenvalue weighted by molar-refractivity contribution is 6.12. The minimum absolute atomic E-state index is 0.127. The Bertz CT molecular complexity index is 3870. The molecule has 0 unspecified atom stereocenters. The molecule has 0 saturated carbocycles. The quantitative estimate of drug-likeness (QED) is 0.154. The molecule has 11 aromatic rings. The van der Waals surface area contributed by atoms with Crippen molar-refractivity contribution in [2.75, 3.05) is 0 Å². The summed E-state index contributed by atoms with van der Waals surface area (Å²) in [7, 11) is 0. The Morgan fingerprint density at radius 2 is 1.03 bits per heavy atom. The summed E-state index contributed by atoms with van der Waals surface area (Å²) >= 11 is 0. The summed E-state index contributed by atoms with van der Waals surface area (Å²) in [5, 5.41) is 14.7. The smallest absolute Gasteiger partial charge is 0.309 e. The summed E-state index contributed by atoms with van der Waals surface area (Å²) < 4.78 is 46.8. The molecule has 0 aliphatic rings. The predicted molar refractivity (Wildman–Crippen MR) is 262 cm³/mol. The highest BCUT2D eigenvalue weighted by atomic mass is 19.4. The van der Waals surface area contributed by atoms with Gasteiger partial charge in [0, 0.05) is 38.4 Å². The number of aryl methyl sites for hydroxylation is 2. The first-order valence-electron chi connectivity index (χ1n) is 21.6. The van der Waals surface area contributed by atoms with Crippen LogP contribution in [0, 0.1) is 31.8 Å². The maximum absolute atomic E-state index is 14.1. The average Bonchev–Trinajstić information content (AvgIpc) is 3.85. The Balaban J connectivity index is 1.20. The molecule has 0 aliphatic heterocycles. The van der Waals surface area contributed by atoms with Gasteiger partial charge in [-0.3, -0.25) is 0 Å². The van der Waals surface area contributed by atoms with Crippen LogP contribution in [0.1, 0.15) is 22.3 Å². The molecule has 0 spiro atoms. The Kier molecular flexibility index (Phi) is 9.46. The first-order valence-corrected chi connectivity index (χ1v) is 21.6. The van der Waals surface area contributed by atoms with Gasteiger partial charge in [-0.25, -0.2) is 4.85 Å². The van der Waals surface area contributed by atoms with Crippen LogP contribution in [0.15, 0.2) is 188 Å². The van der Waals surface area contributed by atoms with E-state index in [1.54, 1.807) is 6.07 Å². The number of aromatic nitrogens is 2. The minimum atomic E-state index is -4.63. The Morgan fingerprint density at radius 1 is 0.470 bits per heavy atom. The number of hydrogen-bond acceptors (Lipinski definition) is 1. The number of rotatable bonds is 6. The number of benzene rings is 9. The van der Waals surface area contributed by atoms with Crippen molar-refractivity contribution in [3.63, 3.8) is 0 Å². The molecule has 2 heterocycles. The number of halogens is 3. The van der Waals surface area contributed by atoms with Crippen LogP contribution in [0.3, 0.4) is 0 Å². The van der Waals surface area contributed by atoms with Crippen molar-refractivity contribution < 1.29 is 13.2 Å². The van der Waals surface area contributed by atoms with Gasteiger partial charge in [-0.05, 0) is 126 Å². The van der Waals surface area contributed by atoms with Crippen LogP contribution in [-0.4, -0.2) is 9.13 Å². The fourth-order valence-electron chi connectivity index (χ4n) is 9.67. The van der Waals surface area contributed by atoms with Crippen molar-refractivity contribution in [1.29, 1.82) is 5.26 Å². The number of fused-ring (bicyclic) bond motifs is 6. The third kappa shape index (κ3) is 6.69. The maximum atomic E-state index is 14.1. The van der Waals surface area contributed by atoms with Gasteiger partial charge in [-0.2, -0.15) is 18.4 Å². The Labute approximate surface area is 379 Å². The second kappa shape index (κ2) is 15.6. The highest BCUT2D eigenvalue weighted by Crippen LogP contribution is 2.46. The molecule has 0 amide bonds. The zero-order valence-electron chi connectivity index (χ0n) is 35.8. The van der Waals surface area contributed by atoms with Gasteiger partial charge in [0.1, 0.15) is 0 Å². The Morgan fingerprint density at radius 3 is 1.62 bits per heavy atom. The fourth-order valence-corrected chi connectivity index (χ4v) is 9.67. The Hall–Kier alpha value is -8.65. The molecule has 2 aromatic heterocycles. The lowest BCUT2D eigenvalue weighted by Crippen LogP contribution is -2.04. The molecule has 4 nitrogen and oxygen atoms in total. The van der Waals surface area contributed by atoms with Gasteiger partial charge in [0.05, 0.1) is 46.0 Å². The number of para-hydroxylation sites is 2. The molecule has 0 saturated heterocycles. The van der Waals surface area contributed by atoms with Gasteiger partial charge in [0.25, 0.3) is 0 Å². The first-order chi connectivity index (χ1) is 32.1. The zero-order chi connectivity index (χ0) is 45.3. The first kappa shape index (κ1) is 40.1. The van der Waals surface area contributed by atoms with E-state index in [1.807, 2.05) is 54.6 Å². The predicted octanol–water partition coefficient (Wildman–Crippen LogP) is 16.6. The number of hydrogen-bond donors (Lipinski definition) is 0. The molecule has 0 N–H and O–H groups in total. The molecule has 314 valence electrons. The lowest BCUT2D eigenvalue weighted by atomic mass is 9.90. The minimum Gasteiger partial charge on any atom is -0.309 e. The highest BCUT2D eigenvalue weighted by Gasteiger charge is 2.31. The van der Waals surface area contributed by atoms with Crippen LogP contribution in [-0.2, 0) is 6.18 Å². The normalized spacial score (nSPS) is 11.7. The molecule has 0 fully saturated rings.